The fourth-order valence-corrected chi connectivity index (χ4v) is 4.82. The fourth-order valence-electron chi connectivity index (χ4n) is 3.79. The number of furan rings is 1. The van der Waals surface area contributed by atoms with Crippen LogP contribution >= 0.6 is 11.3 Å². The molecule has 2 aromatic heterocycles. The Balaban J connectivity index is 1.57. The first-order valence-electron chi connectivity index (χ1n) is 9.66. The highest BCUT2D eigenvalue weighted by atomic mass is 32.1. The zero-order valence-corrected chi connectivity index (χ0v) is 17.3. The Morgan fingerprint density at radius 3 is 2.48 bits per heavy atom. The SMILES string of the molecule is Cc1ccc(-c2scc(NC(=O)c3cc4ccccc4o3)c2C(=O)O)c2ccccc12. The second-order valence-electron chi connectivity index (χ2n) is 7.24. The lowest BCUT2D eigenvalue weighted by atomic mass is 9.97. The van der Waals surface area contributed by atoms with Crippen LogP contribution in [0.15, 0.2) is 76.5 Å². The van der Waals surface area contributed by atoms with Crippen molar-refractivity contribution in [2.24, 2.45) is 0 Å². The van der Waals surface area contributed by atoms with E-state index in [0.29, 0.717) is 10.5 Å². The highest BCUT2D eigenvalue weighted by molar-refractivity contribution is 7.14. The van der Waals surface area contributed by atoms with Crippen LogP contribution < -0.4 is 5.32 Å². The number of aromatic carboxylic acids is 1. The van der Waals surface area contributed by atoms with Gasteiger partial charge in [0.05, 0.1) is 10.6 Å². The summed E-state index contributed by atoms with van der Waals surface area (Å²) < 4.78 is 5.61. The smallest absolute Gasteiger partial charge is 0.339 e. The van der Waals surface area contributed by atoms with E-state index in [2.05, 4.69) is 5.32 Å². The van der Waals surface area contributed by atoms with Crippen LogP contribution in [0.2, 0.25) is 0 Å². The van der Waals surface area contributed by atoms with E-state index in [0.717, 1.165) is 27.3 Å². The van der Waals surface area contributed by atoms with E-state index >= 15 is 0 Å². The Labute approximate surface area is 181 Å². The molecule has 5 rings (SSSR count). The number of fused-ring (bicyclic) bond motifs is 2. The van der Waals surface area contributed by atoms with Crippen molar-refractivity contribution in [1.82, 2.24) is 0 Å². The average molecular weight is 427 g/mol. The van der Waals surface area contributed by atoms with Gasteiger partial charge in [-0.15, -0.1) is 11.3 Å². The minimum Gasteiger partial charge on any atom is -0.478 e. The topological polar surface area (TPSA) is 79.5 Å². The van der Waals surface area contributed by atoms with E-state index in [1.165, 1.54) is 11.3 Å². The Morgan fingerprint density at radius 1 is 0.968 bits per heavy atom. The zero-order chi connectivity index (χ0) is 21.5. The van der Waals surface area contributed by atoms with Gasteiger partial charge in [-0.3, -0.25) is 4.79 Å². The number of para-hydroxylation sites is 1. The fraction of sp³-hybridized carbons (Fsp3) is 0.0400. The molecule has 1 amide bonds. The normalized spacial score (nSPS) is 11.1. The van der Waals surface area contributed by atoms with Crippen LogP contribution in [-0.4, -0.2) is 17.0 Å². The number of aryl methyl sites for hydroxylation is 1. The molecule has 0 fully saturated rings. The molecule has 6 heteroatoms. The molecular formula is C25H17NO4S. The van der Waals surface area contributed by atoms with Crippen LogP contribution in [0.3, 0.4) is 0 Å². The molecule has 0 saturated carbocycles. The van der Waals surface area contributed by atoms with Gasteiger partial charge in [-0.1, -0.05) is 54.6 Å². The van der Waals surface area contributed by atoms with Gasteiger partial charge in [0.25, 0.3) is 5.91 Å². The highest BCUT2D eigenvalue weighted by Gasteiger charge is 2.23. The van der Waals surface area contributed by atoms with Crippen LogP contribution in [0, 0.1) is 6.92 Å². The number of carbonyl (C=O) groups excluding carboxylic acids is 1. The average Bonchev–Trinajstić information content (AvgIpc) is 3.38. The van der Waals surface area contributed by atoms with Crippen molar-refractivity contribution < 1.29 is 19.1 Å². The number of thiophene rings is 1. The van der Waals surface area contributed by atoms with Crippen molar-refractivity contribution in [2.45, 2.75) is 6.92 Å². The highest BCUT2D eigenvalue weighted by Crippen LogP contribution is 2.40. The number of nitrogens with one attached hydrogen (secondary N) is 1. The Bertz CT molecular complexity index is 1440. The molecule has 0 spiro atoms. The van der Waals surface area contributed by atoms with Gasteiger partial charge in [0.15, 0.2) is 5.76 Å². The quantitative estimate of drug-likeness (QED) is 0.340. The van der Waals surface area contributed by atoms with Crippen molar-refractivity contribution in [2.75, 3.05) is 5.32 Å². The number of amides is 1. The summed E-state index contributed by atoms with van der Waals surface area (Å²) in [6.07, 6.45) is 0. The molecule has 0 unspecified atom stereocenters. The molecule has 152 valence electrons. The molecule has 0 bridgehead atoms. The van der Waals surface area contributed by atoms with Gasteiger partial charge in [0.2, 0.25) is 0 Å². The summed E-state index contributed by atoms with van der Waals surface area (Å²) >= 11 is 1.29. The first-order valence-corrected chi connectivity index (χ1v) is 10.5. The van der Waals surface area contributed by atoms with Crippen LogP contribution in [-0.2, 0) is 0 Å². The largest absolute Gasteiger partial charge is 0.478 e. The summed E-state index contributed by atoms with van der Waals surface area (Å²) in [6, 6.07) is 20.8. The summed E-state index contributed by atoms with van der Waals surface area (Å²) in [5, 5.41) is 17.2. The lowest BCUT2D eigenvalue weighted by Gasteiger charge is -2.09. The second kappa shape index (κ2) is 7.41. The molecule has 0 aliphatic heterocycles. The van der Waals surface area contributed by atoms with Crippen molar-refractivity contribution in [1.29, 1.82) is 0 Å². The van der Waals surface area contributed by atoms with Gasteiger partial charge < -0.3 is 14.8 Å². The van der Waals surface area contributed by atoms with Gasteiger partial charge in [-0.25, -0.2) is 4.79 Å². The molecule has 5 aromatic rings. The Hall–Kier alpha value is -3.90. The Morgan fingerprint density at radius 2 is 1.71 bits per heavy atom. The maximum atomic E-state index is 12.8. The lowest BCUT2D eigenvalue weighted by Crippen LogP contribution is -2.13. The third-order valence-electron chi connectivity index (χ3n) is 5.29. The van der Waals surface area contributed by atoms with Crippen molar-refractivity contribution in [3.63, 3.8) is 0 Å². The number of carbonyl (C=O) groups is 2. The Kier molecular flexibility index (Phi) is 4.56. The molecule has 3 aromatic carbocycles. The predicted octanol–water partition coefficient (Wildman–Crippen LogP) is 6.57. The van der Waals surface area contributed by atoms with Crippen molar-refractivity contribution >= 4 is 50.6 Å². The molecule has 0 saturated heterocycles. The lowest BCUT2D eigenvalue weighted by molar-refractivity contribution is 0.0699. The van der Waals surface area contributed by atoms with E-state index in [-0.39, 0.29) is 17.0 Å². The van der Waals surface area contributed by atoms with E-state index in [1.807, 2.05) is 61.5 Å². The van der Waals surface area contributed by atoms with Crippen LogP contribution in [0.4, 0.5) is 5.69 Å². The monoisotopic (exact) mass is 427 g/mol. The second-order valence-corrected chi connectivity index (χ2v) is 8.12. The third kappa shape index (κ3) is 3.27. The first-order chi connectivity index (χ1) is 15.0. The summed E-state index contributed by atoms with van der Waals surface area (Å²) in [7, 11) is 0. The molecule has 0 aliphatic carbocycles. The number of hydrogen-bond donors (Lipinski definition) is 2. The van der Waals surface area contributed by atoms with Gasteiger partial charge in [-0.05, 0) is 35.4 Å². The van der Waals surface area contributed by atoms with Crippen LogP contribution in [0.25, 0.3) is 32.2 Å². The van der Waals surface area contributed by atoms with Crippen molar-refractivity contribution in [3.8, 4) is 10.4 Å². The van der Waals surface area contributed by atoms with Gasteiger partial charge in [0.1, 0.15) is 11.1 Å². The third-order valence-corrected chi connectivity index (χ3v) is 6.30. The molecule has 0 radical (unpaired) electrons. The number of benzene rings is 3. The molecule has 2 heterocycles. The number of carboxylic acids is 1. The van der Waals surface area contributed by atoms with E-state index in [4.69, 9.17) is 4.42 Å². The van der Waals surface area contributed by atoms with E-state index in [1.54, 1.807) is 17.5 Å². The molecule has 31 heavy (non-hydrogen) atoms. The summed E-state index contributed by atoms with van der Waals surface area (Å²) in [5.41, 5.74) is 2.87. The summed E-state index contributed by atoms with van der Waals surface area (Å²) in [5.74, 6) is -1.45. The molecular weight excluding hydrogens is 410 g/mol. The van der Waals surface area contributed by atoms with Gasteiger partial charge >= 0.3 is 5.97 Å². The molecule has 0 aliphatic rings. The zero-order valence-electron chi connectivity index (χ0n) is 16.5. The van der Waals surface area contributed by atoms with Crippen LogP contribution in [0.1, 0.15) is 26.5 Å². The number of carboxylic acid groups (broad SMARTS) is 1. The summed E-state index contributed by atoms with van der Waals surface area (Å²) in [6.45, 7) is 2.03. The maximum Gasteiger partial charge on any atom is 0.339 e. The number of anilines is 1. The predicted molar refractivity (Wildman–Crippen MR) is 123 cm³/mol. The molecule has 2 N–H and O–H groups in total. The number of rotatable bonds is 4. The van der Waals surface area contributed by atoms with Crippen molar-refractivity contribution in [3.05, 3.63) is 89.0 Å². The van der Waals surface area contributed by atoms with Crippen LogP contribution in [0.5, 0.6) is 0 Å². The first kappa shape index (κ1) is 19.1. The minimum atomic E-state index is -1.10. The summed E-state index contributed by atoms with van der Waals surface area (Å²) in [4.78, 5) is 25.5. The molecule has 5 nitrogen and oxygen atoms in total. The maximum absolute atomic E-state index is 12.8. The van der Waals surface area contributed by atoms with E-state index in [9.17, 15) is 14.7 Å². The van der Waals surface area contributed by atoms with E-state index < -0.39 is 11.9 Å². The minimum absolute atomic E-state index is 0.0727. The van der Waals surface area contributed by atoms with Gasteiger partial charge in [-0.2, -0.15) is 0 Å². The molecule has 0 atom stereocenters. The number of hydrogen-bond acceptors (Lipinski definition) is 4. The standard InChI is InChI=1S/C25H17NO4S/c1-14-10-11-18(17-8-4-3-7-16(14)17)23-22(25(28)29)19(13-31-23)26-24(27)21-12-15-6-2-5-9-20(15)30-21/h2-13H,1H3,(H,26,27)(H,28,29). The van der Waals surface area contributed by atoms with Gasteiger partial charge in [0, 0.05) is 16.3 Å².